The van der Waals surface area contributed by atoms with Gasteiger partial charge in [0.25, 0.3) is 0 Å². The first kappa shape index (κ1) is 18.7. The van der Waals surface area contributed by atoms with Crippen LogP contribution in [-0.2, 0) is 14.4 Å². The molecular formula is C18H19F3N4O3. The molecule has 1 aromatic heterocycles. The number of Topliss-reactive ketones (excluding diaryl/α,β-unsaturated/α-hetero) is 1. The van der Waals surface area contributed by atoms with Gasteiger partial charge in [-0.1, -0.05) is 0 Å². The van der Waals surface area contributed by atoms with E-state index in [0.717, 1.165) is 4.90 Å². The number of fused-ring (bicyclic) bond motifs is 2. The number of hydrogen-bond donors (Lipinski definition) is 1. The van der Waals surface area contributed by atoms with Gasteiger partial charge in [-0.05, 0) is 30.9 Å². The molecule has 2 saturated carbocycles. The highest BCUT2D eigenvalue weighted by Crippen LogP contribution is 2.62. The van der Waals surface area contributed by atoms with E-state index >= 15 is 0 Å². The third-order valence-corrected chi connectivity index (χ3v) is 6.13. The second kappa shape index (κ2) is 6.18. The minimum Gasteiger partial charge on any atom is -0.384 e. The van der Waals surface area contributed by atoms with Crippen molar-refractivity contribution in [3.63, 3.8) is 0 Å². The van der Waals surface area contributed by atoms with Crippen molar-refractivity contribution in [1.82, 2.24) is 9.88 Å². The Morgan fingerprint density at radius 3 is 2.54 bits per heavy atom. The second-order valence-electron chi connectivity index (χ2n) is 7.71. The number of nitrogens with two attached hydrogens (primary N) is 1. The van der Waals surface area contributed by atoms with Crippen molar-refractivity contribution < 1.29 is 27.6 Å². The summed E-state index contributed by atoms with van der Waals surface area (Å²) >= 11 is 0. The molecule has 0 aromatic carbocycles. The Morgan fingerprint density at radius 1 is 1.25 bits per heavy atom. The third-order valence-electron chi connectivity index (χ3n) is 6.13. The van der Waals surface area contributed by atoms with Gasteiger partial charge in [0.15, 0.2) is 5.41 Å². The fraction of sp³-hybridized carbons (Fsp3) is 0.556. The maximum Gasteiger partial charge on any atom is 0.403 e. The van der Waals surface area contributed by atoms with Gasteiger partial charge < -0.3 is 15.5 Å². The Kier molecular flexibility index (Phi) is 4.13. The van der Waals surface area contributed by atoms with E-state index in [2.05, 4.69) is 4.98 Å². The molecule has 2 N–H and O–H groups in total. The van der Waals surface area contributed by atoms with E-state index in [9.17, 15) is 27.6 Å². The maximum atomic E-state index is 14.0. The van der Waals surface area contributed by atoms with Gasteiger partial charge in [-0.25, -0.2) is 4.98 Å². The van der Waals surface area contributed by atoms with Gasteiger partial charge in [0.1, 0.15) is 18.1 Å². The number of rotatable bonds is 2. The summed E-state index contributed by atoms with van der Waals surface area (Å²) in [7, 11) is 0. The van der Waals surface area contributed by atoms with Crippen LogP contribution in [0.2, 0.25) is 0 Å². The number of carbonyl (C=O) groups excluding carboxylic acids is 3. The first-order valence-electron chi connectivity index (χ1n) is 9.04. The molecule has 0 radical (unpaired) electrons. The summed E-state index contributed by atoms with van der Waals surface area (Å²) in [6.07, 6.45) is -3.61. The van der Waals surface area contributed by atoms with E-state index in [-0.39, 0.29) is 38.2 Å². The molecule has 3 unspecified atom stereocenters. The highest BCUT2D eigenvalue weighted by atomic mass is 19.4. The predicted molar refractivity (Wildman–Crippen MR) is 91.9 cm³/mol. The first-order valence-corrected chi connectivity index (χ1v) is 9.04. The number of piperazine rings is 1. The summed E-state index contributed by atoms with van der Waals surface area (Å²) in [4.78, 5) is 43.8. The number of aromatic nitrogens is 1. The zero-order valence-electron chi connectivity index (χ0n) is 14.9. The number of amides is 2. The number of hydrogen-bond acceptors (Lipinski definition) is 5. The Morgan fingerprint density at radius 2 is 2.00 bits per heavy atom. The van der Waals surface area contributed by atoms with Crippen molar-refractivity contribution >= 4 is 29.1 Å². The van der Waals surface area contributed by atoms with E-state index in [1.54, 1.807) is 6.07 Å². The summed E-state index contributed by atoms with van der Waals surface area (Å²) < 4.78 is 42.0. The van der Waals surface area contributed by atoms with Gasteiger partial charge in [0.05, 0.1) is 11.9 Å². The zero-order chi connectivity index (χ0) is 20.3. The maximum absolute atomic E-state index is 14.0. The van der Waals surface area contributed by atoms with Crippen LogP contribution in [0.25, 0.3) is 0 Å². The Labute approximate surface area is 158 Å². The summed E-state index contributed by atoms with van der Waals surface area (Å²) in [6, 6.07) is 3.10. The lowest BCUT2D eigenvalue weighted by Crippen LogP contribution is -2.61. The molecule has 2 bridgehead atoms. The van der Waals surface area contributed by atoms with Crippen LogP contribution in [0.4, 0.5) is 24.7 Å². The monoisotopic (exact) mass is 396 g/mol. The number of nitrogens with zero attached hydrogens (tertiary/aromatic N) is 3. The minimum atomic E-state index is -4.83. The number of nitrogen functional groups attached to an aromatic ring is 1. The molecule has 3 fully saturated rings. The van der Waals surface area contributed by atoms with Crippen LogP contribution in [0.5, 0.6) is 0 Å². The minimum absolute atomic E-state index is 0.0433. The molecule has 1 aliphatic heterocycles. The van der Waals surface area contributed by atoms with Gasteiger partial charge in [-0.3, -0.25) is 14.4 Å². The van der Waals surface area contributed by atoms with Crippen LogP contribution in [0.3, 0.4) is 0 Å². The van der Waals surface area contributed by atoms with Crippen molar-refractivity contribution in [2.75, 3.05) is 30.3 Å². The van der Waals surface area contributed by atoms with Crippen LogP contribution in [0, 0.1) is 17.3 Å². The van der Waals surface area contributed by atoms with Gasteiger partial charge in [-0.15, -0.1) is 0 Å². The summed E-state index contributed by atoms with van der Waals surface area (Å²) in [5.74, 6) is -3.62. The predicted octanol–water partition coefficient (Wildman–Crippen LogP) is 1.39. The van der Waals surface area contributed by atoms with Crippen LogP contribution in [0.15, 0.2) is 18.3 Å². The normalized spacial score (nSPS) is 30.2. The summed E-state index contributed by atoms with van der Waals surface area (Å²) in [6.45, 7) is -0.461. The molecule has 7 nitrogen and oxygen atoms in total. The van der Waals surface area contributed by atoms with Crippen molar-refractivity contribution in [1.29, 1.82) is 0 Å². The number of ketones is 1. The molecule has 0 spiro atoms. The molecule has 3 aliphatic rings. The van der Waals surface area contributed by atoms with Crippen LogP contribution in [-0.4, -0.2) is 53.3 Å². The molecule has 2 aliphatic carbocycles. The fourth-order valence-corrected chi connectivity index (χ4v) is 4.83. The van der Waals surface area contributed by atoms with Crippen molar-refractivity contribution in [3.05, 3.63) is 18.3 Å². The van der Waals surface area contributed by atoms with Crippen molar-refractivity contribution in [2.24, 2.45) is 17.3 Å². The van der Waals surface area contributed by atoms with E-state index in [1.165, 1.54) is 17.2 Å². The SMILES string of the molecule is Nc1ccc(N2CCN(C(=O)C3(C(F)(F)F)CC4CC(=O)C3C4)CC2=O)cn1. The number of pyridine rings is 1. The van der Waals surface area contributed by atoms with Gasteiger partial charge >= 0.3 is 6.18 Å². The van der Waals surface area contributed by atoms with Crippen LogP contribution < -0.4 is 10.6 Å². The quantitative estimate of drug-likeness (QED) is 0.815. The smallest absolute Gasteiger partial charge is 0.384 e. The van der Waals surface area contributed by atoms with Crippen molar-refractivity contribution in [3.8, 4) is 0 Å². The third kappa shape index (κ3) is 2.65. The molecule has 2 amide bonds. The number of anilines is 2. The zero-order valence-corrected chi connectivity index (χ0v) is 14.9. The molecule has 28 heavy (non-hydrogen) atoms. The Hall–Kier alpha value is -2.65. The number of carbonyl (C=O) groups is 3. The highest BCUT2D eigenvalue weighted by Gasteiger charge is 2.72. The van der Waals surface area contributed by atoms with E-state index in [4.69, 9.17) is 5.73 Å². The van der Waals surface area contributed by atoms with Crippen LogP contribution >= 0.6 is 0 Å². The highest BCUT2D eigenvalue weighted by molar-refractivity contribution is 6.00. The van der Waals surface area contributed by atoms with E-state index in [0.29, 0.717) is 5.69 Å². The molecule has 1 saturated heterocycles. The molecule has 10 heteroatoms. The average Bonchev–Trinajstić information content (AvgIpc) is 3.19. The lowest BCUT2D eigenvalue weighted by molar-refractivity contribution is -0.239. The largest absolute Gasteiger partial charge is 0.403 e. The fourth-order valence-electron chi connectivity index (χ4n) is 4.83. The molecular weight excluding hydrogens is 377 g/mol. The number of halogens is 3. The second-order valence-corrected chi connectivity index (χ2v) is 7.71. The van der Waals surface area contributed by atoms with Crippen LogP contribution in [0.1, 0.15) is 19.3 Å². The van der Waals surface area contributed by atoms with Gasteiger partial charge in [0.2, 0.25) is 11.8 Å². The Balaban J connectivity index is 1.56. The molecule has 3 atom stereocenters. The molecule has 150 valence electrons. The lowest BCUT2D eigenvalue weighted by Gasteiger charge is -2.43. The van der Waals surface area contributed by atoms with E-state index in [1.807, 2.05) is 0 Å². The van der Waals surface area contributed by atoms with Crippen molar-refractivity contribution in [2.45, 2.75) is 25.4 Å². The van der Waals surface area contributed by atoms with E-state index < -0.39 is 47.6 Å². The topological polar surface area (TPSA) is 96.6 Å². The summed E-state index contributed by atoms with van der Waals surface area (Å²) in [5.41, 5.74) is 3.29. The molecule has 1 aromatic rings. The van der Waals surface area contributed by atoms with Gasteiger partial charge in [-0.2, -0.15) is 13.2 Å². The first-order chi connectivity index (χ1) is 13.1. The number of alkyl halides is 3. The van der Waals surface area contributed by atoms with Gasteiger partial charge in [0, 0.05) is 25.4 Å². The average molecular weight is 396 g/mol. The standard InChI is InChI=1S/C18H19F3N4O3/c19-18(20,21)17(7-10-5-12(17)13(26)6-10)16(28)24-3-4-25(15(27)9-24)11-1-2-14(22)23-8-11/h1-2,8,10,12H,3-7,9H2,(H2,22,23). The molecule has 2 heterocycles. The summed E-state index contributed by atoms with van der Waals surface area (Å²) in [5, 5.41) is 0. The lowest BCUT2D eigenvalue weighted by atomic mass is 9.70. The molecule has 4 rings (SSSR count). The Bertz CT molecular complexity index is 841.